The molecule has 7 nitrogen and oxygen atoms in total. The number of ether oxygens (including phenoxy) is 3. The maximum Gasteiger partial charge on any atom is 0.339 e. The predicted octanol–water partition coefficient (Wildman–Crippen LogP) is 2.31. The Morgan fingerprint density at radius 2 is 1.92 bits per heavy atom. The molecular weight excluding hydrogens is 314 g/mol. The first kappa shape index (κ1) is 14.6. The first-order chi connectivity index (χ1) is 11.6. The van der Waals surface area contributed by atoms with Gasteiger partial charge in [0.25, 0.3) is 0 Å². The van der Waals surface area contributed by atoms with Crippen LogP contribution >= 0.6 is 0 Å². The number of carbonyl (C=O) groups excluding carboxylic acids is 1. The number of hydrogen-bond acceptors (Lipinski definition) is 5. The van der Waals surface area contributed by atoms with Crippen molar-refractivity contribution in [2.24, 2.45) is 0 Å². The van der Waals surface area contributed by atoms with Crippen LogP contribution in [0.25, 0.3) is 11.3 Å². The molecule has 1 aromatic carbocycles. The summed E-state index contributed by atoms with van der Waals surface area (Å²) in [6.07, 6.45) is 1.66. The fraction of sp³-hybridized carbons (Fsp3) is 0.294. The molecule has 1 N–H and O–H groups in total. The second kappa shape index (κ2) is 5.30. The molecule has 0 radical (unpaired) electrons. The number of nitrogens with zero attached hydrogens (tertiary/aromatic N) is 1. The van der Waals surface area contributed by atoms with E-state index in [1.165, 1.54) is 13.2 Å². The van der Waals surface area contributed by atoms with E-state index in [0.717, 1.165) is 25.1 Å². The quantitative estimate of drug-likeness (QED) is 0.870. The monoisotopic (exact) mass is 329 g/mol. The lowest BCUT2D eigenvalue weighted by Crippen LogP contribution is -2.04. The normalized spacial score (nSPS) is 14.5. The standard InChI is InChI=1S/C17H15NO6/c1-22-17(21)11-5-13(18-4-2-3-12(11)18)9-6-14-15(24-8-23-14)7-10(9)16(19)20/h5-7H,2-4,8H2,1H3,(H,19,20). The molecule has 0 unspecified atom stereocenters. The summed E-state index contributed by atoms with van der Waals surface area (Å²) in [5.74, 6) is -0.554. The van der Waals surface area contributed by atoms with Crippen molar-refractivity contribution < 1.29 is 28.9 Å². The predicted molar refractivity (Wildman–Crippen MR) is 82.6 cm³/mol. The van der Waals surface area contributed by atoms with Crippen molar-refractivity contribution in [1.82, 2.24) is 4.57 Å². The molecule has 1 aromatic heterocycles. The van der Waals surface area contributed by atoms with E-state index in [-0.39, 0.29) is 12.4 Å². The van der Waals surface area contributed by atoms with E-state index in [1.54, 1.807) is 12.1 Å². The van der Waals surface area contributed by atoms with Gasteiger partial charge in [0.1, 0.15) is 0 Å². The number of carbonyl (C=O) groups is 2. The summed E-state index contributed by atoms with van der Waals surface area (Å²) in [6.45, 7) is 0.798. The van der Waals surface area contributed by atoms with Crippen LogP contribution in [0.5, 0.6) is 11.5 Å². The lowest BCUT2D eigenvalue weighted by Gasteiger charge is -2.10. The van der Waals surface area contributed by atoms with Crippen molar-refractivity contribution in [2.45, 2.75) is 19.4 Å². The summed E-state index contributed by atoms with van der Waals surface area (Å²) in [5.41, 5.74) is 2.66. The van der Waals surface area contributed by atoms with Gasteiger partial charge in [-0.05, 0) is 31.0 Å². The Kier molecular flexibility index (Phi) is 3.23. The SMILES string of the molecule is COC(=O)c1cc(-c2cc3c(cc2C(=O)O)OCO3)n2c1CCC2. The number of carboxylic acid groups (broad SMARTS) is 1. The van der Waals surface area contributed by atoms with Crippen molar-refractivity contribution in [1.29, 1.82) is 0 Å². The maximum atomic E-state index is 12.0. The molecule has 7 heteroatoms. The zero-order valence-electron chi connectivity index (χ0n) is 13.0. The summed E-state index contributed by atoms with van der Waals surface area (Å²) < 4.78 is 17.5. The minimum Gasteiger partial charge on any atom is -0.478 e. The molecule has 124 valence electrons. The molecule has 24 heavy (non-hydrogen) atoms. The van der Waals surface area contributed by atoms with Crippen LogP contribution in [0.4, 0.5) is 0 Å². The van der Waals surface area contributed by atoms with Gasteiger partial charge in [0.2, 0.25) is 6.79 Å². The third-order valence-corrected chi connectivity index (χ3v) is 4.43. The number of benzene rings is 1. The second-order valence-corrected chi connectivity index (χ2v) is 5.69. The van der Waals surface area contributed by atoms with E-state index < -0.39 is 11.9 Å². The fourth-order valence-electron chi connectivity index (χ4n) is 3.36. The number of methoxy groups -OCH3 is 1. The molecule has 2 aliphatic heterocycles. The zero-order chi connectivity index (χ0) is 16.8. The van der Waals surface area contributed by atoms with Gasteiger partial charge in [-0.1, -0.05) is 0 Å². The highest BCUT2D eigenvalue weighted by atomic mass is 16.7. The van der Waals surface area contributed by atoms with Crippen LogP contribution in [0.2, 0.25) is 0 Å². The van der Waals surface area contributed by atoms with Gasteiger partial charge in [0.15, 0.2) is 11.5 Å². The summed E-state index contributed by atoms with van der Waals surface area (Å²) in [4.78, 5) is 23.7. The largest absolute Gasteiger partial charge is 0.478 e. The Bertz CT molecular complexity index is 866. The van der Waals surface area contributed by atoms with Crippen LogP contribution < -0.4 is 9.47 Å². The molecule has 0 saturated heterocycles. The highest BCUT2D eigenvalue weighted by molar-refractivity contribution is 5.99. The maximum absolute atomic E-state index is 12.0. The lowest BCUT2D eigenvalue weighted by molar-refractivity contribution is 0.0598. The Morgan fingerprint density at radius 1 is 1.17 bits per heavy atom. The highest BCUT2D eigenvalue weighted by Crippen LogP contribution is 2.41. The van der Waals surface area contributed by atoms with Crippen LogP contribution in [0, 0.1) is 0 Å². The molecule has 2 aromatic rings. The van der Waals surface area contributed by atoms with E-state index in [0.29, 0.717) is 28.3 Å². The van der Waals surface area contributed by atoms with E-state index in [1.807, 2.05) is 4.57 Å². The number of aromatic nitrogens is 1. The molecule has 0 amide bonds. The topological polar surface area (TPSA) is 87.0 Å². The molecule has 0 fully saturated rings. The van der Waals surface area contributed by atoms with Gasteiger partial charge in [0.05, 0.1) is 23.9 Å². The van der Waals surface area contributed by atoms with Crippen molar-refractivity contribution in [3.05, 3.63) is 35.0 Å². The molecule has 0 aliphatic carbocycles. The number of hydrogen-bond donors (Lipinski definition) is 1. The number of fused-ring (bicyclic) bond motifs is 2. The van der Waals surface area contributed by atoms with Gasteiger partial charge in [-0.3, -0.25) is 0 Å². The van der Waals surface area contributed by atoms with Crippen LogP contribution in [-0.2, 0) is 17.7 Å². The molecule has 0 saturated carbocycles. The zero-order valence-corrected chi connectivity index (χ0v) is 13.0. The summed E-state index contributed by atoms with van der Waals surface area (Å²) >= 11 is 0. The molecule has 2 aliphatic rings. The van der Waals surface area contributed by atoms with Crippen LogP contribution in [0.1, 0.15) is 32.8 Å². The van der Waals surface area contributed by atoms with Crippen LogP contribution in [0.3, 0.4) is 0 Å². The molecule has 3 heterocycles. The first-order valence-corrected chi connectivity index (χ1v) is 7.58. The van der Waals surface area contributed by atoms with E-state index in [4.69, 9.17) is 14.2 Å². The third-order valence-electron chi connectivity index (χ3n) is 4.43. The number of esters is 1. The van der Waals surface area contributed by atoms with Gasteiger partial charge in [0, 0.05) is 17.8 Å². The van der Waals surface area contributed by atoms with Gasteiger partial charge in [-0.25, -0.2) is 9.59 Å². The molecule has 4 rings (SSSR count). The molecule has 0 atom stereocenters. The second-order valence-electron chi connectivity index (χ2n) is 5.69. The van der Waals surface area contributed by atoms with Crippen LogP contribution in [-0.4, -0.2) is 35.5 Å². The van der Waals surface area contributed by atoms with Gasteiger partial charge in [-0.2, -0.15) is 0 Å². The highest BCUT2D eigenvalue weighted by Gasteiger charge is 2.28. The average molecular weight is 329 g/mol. The van der Waals surface area contributed by atoms with E-state index in [9.17, 15) is 14.7 Å². The third kappa shape index (κ3) is 2.05. The number of rotatable bonds is 3. The van der Waals surface area contributed by atoms with Gasteiger partial charge < -0.3 is 23.9 Å². The lowest BCUT2D eigenvalue weighted by atomic mass is 10.0. The summed E-state index contributed by atoms with van der Waals surface area (Å²) in [6, 6.07) is 4.82. The van der Waals surface area contributed by atoms with Gasteiger partial charge in [-0.15, -0.1) is 0 Å². The van der Waals surface area contributed by atoms with Crippen molar-refractivity contribution in [2.75, 3.05) is 13.9 Å². The Morgan fingerprint density at radius 3 is 2.62 bits per heavy atom. The van der Waals surface area contributed by atoms with E-state index in [2.05, 4.69) is 0 Å². The molecule has 0 bridgehead atoms. The van der Waals surface area contributed by atoms with Crippen molar-refractivity contribution in [3.63, 3.8) is 0 Å². The van der Waals surface area contributed by atoms with Crippen LogP contribution in [0.15, 0.2) is 18.2 Å². The van der Waals surface area contributed by atoms with Gasteiger partial charge >= 0.3 is 11.9 Å². The molecule has 0 spiro atoms. The smallest absolute Gasteiger partial charge is 0.339 e. The number of aromatic carboxylic acids is 1. The fourth-order valence-corrected chi connectivity index (χ4v) is 3.36. The minimum atomic E-state index is -1.06. The average Bonchev–Trinajstić information content (AvgIpc) is 3.27. The van der Waals surface area contributed by atoms with Crippen molar-refractivity contribution in [3.8, 4) is 22.8 Å². The first-order valence-electron chi connectivity index (χ1n) is 7.58. The Labute approximate surface area is 137 Å². The summed E-state index contributed by atoms with van der Waals surface area (Å²) in [7, 11) is 1.34. The Balaban J connectivity index is 1.94. The molecular formula is C17H15NO6. The Hall–Kier alpha value is -2.96. The minimum absolute atomic E-state index is 0.0670. The summed E-state index contributed by atoms with van der Waals surface area (Å²) in [5, 5.41) is 9.57. The number of carboxylic acids is 1. The van der Waals surface area contributed by atoms with Crippen molar-refractivity contribution >= 4 is 11.9 Å². The van der Waals surface area contributed by atoms with E-state index >= 15 is 0 Å².